The van der Waals surface area contributed by atoms with Gasteiger partial charge in [0.1, 0.15) is 21.9 Å². The van der Waals surface area contributed by atoms with E-state index < -0.39 is 5.97 Å². The Kier molecular flexibility index (Phi) is 4.50. The number of hydrogen-bond acceptors (Lipinski definition) is 6. The topological polar surface area (TPSA) is 78.3 Å². The van der Waals surface area contributed by atoms with Gasteiger partial charge in [-0.3, -0.25) is 0 Å². The van der Waals surface area contributed by atoms with Crippen LogP contribution in [0.15, 0.2) is 6.33 Å². The molecule has 124 valence electrons. The number of carbonyl (C=O) groups is 1. The fourth-order valence-corrected chi connectivity index (χ4v) is 4.13. The number of rotatable bonds is 4. The molecule has 0 aromatic carbocycles. The zero-order valence-electron chi connectivity index (χ0n) is 13.7. The number of thiophene rings is 1. The first kappa shape index (κ1) is 16.1. The maximum Gasteiger partial charge on any atom is 0.346 e. The number of likely N-dealkylation sites (tertiary alicyclic amines) is 1. The number of nitrogens with zero attached hydrogens (tertiary/aromatic N) is 3. The largest absolute Gasteiger partial charge is 0.477 e. The molecule has 0 aliphatic carbocycles. The van der Waals surface area contributed by atoms with Crippen LogP contribution in [0.5, 0.6) is 0 Å². The third-order valence-corrected chi connectivity index (χ3v) is 5.71. The van der Waals surface area contributed by atoms with Gasteiger partial charge in [0, 0.05) is 25.2 Å². The number of piperidine rings is 1. The summed E-state index contributed by atoms with van der Waals surface area (Å²) in [7, 11) is 0. The Morgan fingerprint density at radius 2 is 2.09 bits per heavy atom. The fraction of sp³-hybridized carbons (Fsp3) is 0.562. The Balaban J connectivity index is 1.82. The van der Waals surface area contributed by atoms with Crippen LogP contribution in [0.25, 0.3) is 10.2 Å². The number of nitrogens with one attached hydrogen (secondary N) is 1. The summed E-state index contributed by atoms with van der Waals surface area (Å²) in [4.78, 5) is 23.5. The van der Waals surface area contributed by atoms with Crippen molar-refractivity contribution in [2.24, 2.45) is 0 Å². The molecule has 0 atom stereocenters. The Bertz CT molecular complexity index is 720. The molecule has 2 aromatic heterocycles. The van der Waals surface area contributed by atoms with Gasteiger partial charge in [-0.05, 0) is 39.2 Å². The average molecular weight is 334 g/mol. The Labute approximate surface area is 139 Å². The summed E-state index contributed by atoms with van der Waals surface area (Å²) < 4.78 is 0. The van der Waals surface area contributed by atoms with Gasteiger partial charge in [0.25, 0.3) is 0 Å². The molecule has 1 saturated heterocycles. The summed E-state index contributed by atoms with van der Waals surface area (Å²) in [6, 6.07) is 0.953. The molecule has 6 nitrogen and oxygen atoms in total. The molecule has 1 aliphatic heterocycles. The minimum Gasteiger partial charge on any atom is -0.477 e. The van der Waals surface area contributed by atoms with E-state index in [9.17, 15) is 9.90 Å². The van der Waals surface area contributed by atoms with Gasteiger partial charge in [0.2, 0.25) is 0 Å². The van der Waals surface area contributed by atoms with Crippen LogP contribution in [-0.2, 0) is 0 Å². The molecular formula is C16H22N4O2S. The van der Waals surface area contributed by atoms with E-state index in [1.54, 1.807) is 0 Å². The monoisotopic (exact) mass is 334 g/mol. The minimum absolute atomic E-state index is 0.346. The molecule has 0 radical (unpaired) electrons. The van der Waals surface area contributed by atoms with Gasteiger partial charge in [-0.25, -0.2) is 14.8 Å². The van der Waals surface area contributed by atoms with Crippen LogP contribution in [0.3, 0.4) is 0 Å². The zero-order chi connectivity index (χ0) is 16.6. The van der Waals surface area contributed by atoms with E-state index in [4.69, 9.17) is 0 Å². The van der Waals surface area contributed by atoms with Crippen LogP contribution in [0, 0.1) is 6.92 Å². The zero-order valence-corrected chi connectivity index (χ0v) is 14.5. The van der Waals surface area contributed by atoms with Crippen molar-refractivity contribution in [2.75, 3.05) is 18.4 Å². The van der Waals surface area contributed by atoms with E-state index >= 15 is 0 Å². The van der Waals surface area contributed by atoms with Gasteiger partial charge < -0.3 is 15.3 Å². The highest BCUT2D eigenvalue weighted by molar-refractivity contribution is 7.20. The van der Waals surface area contributed by atoms with Crippen LogP contribution in [0.1, 0.15) is 41.9 Å². The predicted molar refractivity (Wildman–Crippen MR) is 92.5 cm³/mol. The average Bonchev–Trinajstić information content (AvgIpc) is 2.86. The van der Waals surface area contributed by atoms with Crippen molar-refractivity contribution in [3.05, 3.63) is 16.8 Å². The lowest BCUT2D eigenvalue weighted by Crippen LogP contribution is -2.42. The summed E-state index contributed by atoms with van der Waals surface area (Å²) in [6.07, 6.45) is 3.65. The highest BCUT2D eigenvalue weighted by Crippen LogP contribution is 2.34. The van der Waals surface area contributed by atoms with Gasteiger partial charge in [-0.15, -0.1) is 11.3 Å². The Morgan fingerprint density at radius 1 is 1.39 bits per heavy atom. The maximum absolute atomic E-state index is 11.3. The molecule has 23 heavy (non-hydrogen) atoms. The number of carboxylic acids is 1. The lowest BCUT2D eigenvalue weighted by Gasteiger charge is -2.35. The second-order valence-corrected chi connectivity index (χ2v) is 7.31. The second-order valence-electron chi connectivity index (χ2n) is 6.31. The van der Waals surface area contributed by atoms with Gasteiger partial charge in [0.15, 0.2) is 0 Å². The lowest BCUT2D eigenvalue weighted by molar-refractivity contribution is 0.0701. The van der Waals surface area contributed by atoms with Crippen molar-refractivity contribution in [1.82, 2.24) is 14.9 Å². The quantitative estimate of drug-likeness (QED) is 0.895. The van der Waals surface area contributed by atoms with Gasteiger partial charge in [0.05, 0.1) is 5.39 Å². The first-order valence-corrected chi connectivity index (χ1v) is 8.77. The molecule has 3 rings (SSSR count). The normalized spacial score (nSPS) is 17.0. The summed E-state index contributed by atoms with van der Waals surface area (Å²) >= 11 is 1.21. The van der Waals surface area contributed by atoms with Crippen molar-refractivity contribution in [3.8, 4) is 0 Å². The molecule has 2 N–H and O–H groups in total. The molecule has 1 fully saturated rings. The summed E-state index contributed by atoms with van der Waals surface area (Å²) in [6.45, 7) is 8.44. The van der Waals surface area contributed by atoms with Crippen LogP contribution in [0.2, 0.25) is 0 Å². The molecule has 0 spiro atoms. The third kappa shape index (κ3) is 3.16. The van der Waals surface area contributed by atoms with E-state index in [-0.39, 0.29) is 0 Å². The van der Waals surface area contributed by atoms with E-state index in [2.05, 4.69) is 34.0 Å². The van der Waals surface area contributed by atoms with Crippen LogP contribution in [-0.4, -0.2) is 51.1 Å². The first-order chi connectivity index (χ1) is 11.0. The molecule has 0 bridgehead atoms. The first-order valence-electron chi connectivity index (χ1n) is 7.95. The summed E-state index contributed by atoms with van der Waals surface area (Å²) in [5.74, 6) is -0.138. The predicted octanol–water partition coefficient (Wildman–Crippen LogP) is 2.98. The van der Waals surface area contributed by atoms with Crippen LogP contribution < -0.4 is 5.32 Å². The Hall–Kier alpha value is -1.73. The molecular weight excluding hydrogens is 312 g/mol. The molecule has 2 aromatic rings. The minimum atomic E-state index is -0.901. The second kappa shape index (κ2) is 6.41. The standard InChI is InChI=1S/C16H22N4O2S/c1-9(2)20-6-4-11(5-7-20)19-14-12-10(3)13(16(21)22)23-15(12)18-8-17-14/h8-9,11H,4-7H2,1-3H3,(H,21,22)(H,17,18,19). The number of aromatic carboxylic acids is 1. The van der Waals surface area contributed by atoms with Crippen LogP contribution in [0.4, 0.5) is 5.82 Å². The number of aryl methyl sites for hydroxylation is 1. The van der Waals surface area contributed by atoms with Gasteiger partial charge in [-0.2, -0.15) is 0 Å². The molecule has 1 aliphatic rings. The Morgan fingerprint density at radius 3 is 2.70 bits per heavy atom. The van der Waals surface area contributed by atoms with Crippen LogP contribution >= 0.6 is 11.3 Å². The molecule has 3 heterocycles. The number of anilines is 1. The molecule has 7 heteroatoms. The van der Waals surface area contributed by atoms with E-state index in [0.717, 1.165) is 47.5 Å². The number of carboxylic acid groups (broad SMARTS) is 1. The van der Waals surface area contributed by atoms with Crippen molar-refractivity contribution in [3.63, 3.8) is 0 Å². The van der Waals surface area contributed by atoms with E-state index in [1.807, 2.05) is 6.92 Å². The van der Waals surface area contributed by atoms with Gasteiger partial charge >= 0.3 is 5.97 Å². The molecule has 0 unspecified atom stereocenters. The van der Waals surface area contributed by atoms with Crippen molar-refractivity contribution >= 4 is 33.3 Å². The van der Waals surface area contributed by atoms with E-state index in [1.165, 1.54) is 17.7 Å². The fourth-order valence-electron chi connectivity index (χ4n) is 3.14. The van der Waals surface area contributed by atoms with Crippen molar-refractivity contribution in [1.29, 1.82) is 0 Å². The summed E-state index contributed by atoms with van der Waals surface area (Å²) in [5, 5.41) is 13.7. The lowest BCUT2D eigenvalue weighted by atomic mass is 10.0. The van der Waals surface area contributed by atoms with Crippen molar-refractivity contribution < 1.29 is 9.90 Å². The number of aromatic nitrogens is 2. The van der Waals surface area contributed by atoms with Gasteiger partial charge in [-0.1, -0.05) is 0 Å². The smallest absolute Gasteiger partial charge is 0.346 e. The van der Waals surface area contributed by atoms with Crippen molar-refractivity contribution in [2.45, 2.75) is 45.7 Å². The van der Waals surface area contributed by atoms with E-state index in [0.29, 0.717) is 17.0 Å². The number of hydrogen-bond donors (Lipinski definition) is 2. The highest BCUT2D eigenvalue weighted by Gasteiger charge is 2.23. The number of fused-ring (bicyclic) bond motifs is 1. The highest BCUT2D eigenvalue weighted by atomic mass is 32.1. The molecule has 0 saturated carbocycles. The SMILES string of the molecule is Cc1c(C(=O)O)sc2ncnc(NC3CCN(C(C)C)CC3)c12. The third-order valence-electron chi connectivity index (χ3n) is 4.52. The molecule has 0 amide bonds. The summed E-state index contributed by atoms with van der Waals surface area (Å²) in [5.41, 5.74) is 0.750. The maximum atomic E-state index is 11.3.